The van der Waals surface area contributed by atoms with Crippen molar-refractivity contribution in [3.05, 3.63) is 47.4 Å². The van der Waals surface area contributed by atoms with Crippen molar-refractivity contribution in [2.24, 2.45) is 0 Å². The number of unbranched alkanes of at least 4 members (excludes halogenated alkanes) is 1. The van der Waals surface area contributed by atoms with Crippen molar-refractivity contribution in [2.75, 3.05) is 18.5 Å². The predicted molar refractivity (Wildman–Crippen MR) is 123 cm³/mol. The zero-order valence-electron chi connectivity index (χ0n) is 18.8. The quantitative estimate of drug-likeness (QED) is 0.228. The lowest BCUT2D eigenvalue weighted by Gasteiger charge is -2.12. The highest BCUT2D eigenvalue weighted by Crippen LogP contribution is 2.38. The van der Waals surface area contributed by atoms with Crippen LogP contribution in [0.4, 0.5) is 23.8 Å². The van der Waals surface area contributed by atoms with Gasteiger partial charge in [-0.15, -0.1) is 11.3 Å². The van der Waals surface area contributed by atoms with Gasteiger partial charge >= 0.3 is 18.2 Å². The molecule has 35 heavy (non-hydrogen) atoms. The summed E-state index contributed by atoms with van der Waals surface area (Å²) in [4.78, 5) is 45.8. The summed E-state index contributed by atoms with van der Waals surface area (Å²) in [6.07, 6.45) is 1.01. The molecule has 0 radical (unpaired) electrons. The fraction of sp³-hybridized carbons (Fsp3) is 0.318. The van der Waals surface area contributed by atoms with Gasteiger partial charge in [0.05, 0.1) is 12.2 Å². The first-order valence-electron chi connectivity index (χ1n) is 10.6. The molecule has 0 aliphatic heterocycles. The van der Waals surface area contributed by atoms with Gasteiger partial charge in [-0.2, -0.15) is 18.1 Å². The molecule has 0 unspecified atom stereocenters. The minimum absolute atomic E-state index is 0.0459. The molecule has 2 N–H and O–H groups in total. The fourth-order valence-corrected chi connectivity index (χ4v) is 3.68. The molecule has 186 valence electrons. The van der Waals surface area contributed by atoms with Gasteiger partial charge < -0.3 is 5.32 Å². The molecule has 0 spiro atoms. The van der Waals surface area contributed by atoms with E-state index in [-0.39, 0.29) is 28.6 Å². The van der Waals surface area contributed by atoms with Gasteiger partial charge in [0, 0.05) is 47.2 Å². The van der Waals surface area contributed by atoms with Crippen molar-refractivity contribution in [1.29, 1.82) is 0 Å². The number of amides is 2. The van der Waals surface area contributed by atoms with E-state index in [1.165, 1.54) is 30.7 Å². The number of pyridine rings is 2. The van der Waals surface area contributed by atoms with Gasteiger partial charge in [-0.05, 0) is 25.5 Å². The maximum atomic E-state index is 13.2. The maximum absolute atomic E-state index is 13.2. The zero-order chi connectivity index (χ0) is 25.4. The van der Waals surface area contributed by atoms with Gasteiger partial charge in [0.15, 0.2) is 5.69 Å². The highest BCUT2D eigenvalue weighted by molar-refractivity contribution is 7.13. The van der Waals surface area contributed by atoms with Crippen LogP contribution in [0.2, 0.25) is 0 Å². The van der Waals surface area contributed by atoms with Crippen LogP contribution in [0.15, 0.2) is 36.1 Å². The van der Waals surface area contributed by atoms with Crippen LogP contribution in [-0.4, -0.2) is 40.1 Å². The second kappa shape index (κ2) is 11.7. The van der Waals surface area contributed by atoms with Crippen molar-refractivity contribution in [3.63, 3.8) is 0 Å². The van der Waals surface area contributed by atoms with Crippen molar-refractivity contribution in [2.45, 2.75) is 32.9 Å². The molecule has 3 aromatic heterocycles. The van der Waals surface area contributed by atoms with E-state index in [9.17, 15) is 22.8 Å². The number of urea groups is 1. The number of nitrogens with one attached hydrogen (secondary N) is 2. The molecule has 3 rings (SSSR count). The first kappa shape index (κ1) is 26.0. The van der Waals surface area contributed by atoms with E-state index >= 15 is 0 Å². The van der Waals surface area contributed by atoms with Crippen LogP contribution in [0.1, 0.15) is 42.7 Å². The predicted octanol–water partition coefficient (Wildman–Crippen LogP) is 5.32. The average molecular weight is 510 g/mol. The Kier molecular flexibility index (Phi) is 8.71. The minimum atomic E-state index is -4.62. The topological polar surface area (TPSA) is 115 Å². The molecule has 2 amide bonds. The Balaban J connectivity index is 1.99. The fourth-order valence-electron chi connectivity index (χ4n) is 2.82. The van der Waals surface area contributed by atoms with Crippen LogP contribution < -0.4 is 10.6 Å². The number of hydrogen-bond acceptors (Lipinski definition) is 8. The average Bonchev–Trinajstić information content (AvgIpc) is 3.33. The molecule has 0 saturated heterocycles. The number of nitrogens with zero attached hydrogens (tertiary/aromatic N) is 3. The highest BCUT2D eigenvalue weighted by atomic mass is 32.1. The standard InChI is InChI=1S/C22H22F3N5O4S/c1-3-5-6-33-34-20(31)14-7-13(9-26-10-14)16-11-28-18(30-21(32)27-4-2)8-15(16)19-29-17(12-35-19)22(23,24)25/h7-12H,3-6H2,1-2H3,(H2,27,28,30,32). The molecule has 0 fully saturated rings. The molecule has 3 heterocycles. The van der Waals surface area contributed by atoms with Crippen molar-refractivity contribution in [1.82, 2.24) is 20.3 Å². The second-order valence-corrected chi connectivity index (χ2v) is 8.00. The summed E-state index contributed by atoms with van der Waals surface area (Å²) in [6, 6.07) is 2.33. The van der Waals surface area contributed by atoms with Gasteiger partial charge in [0.2, 0.25) is 0 Å². The van der Waals surface area contributed by atoms with Gasteiger partial charge in [0.1, 0.15) is 10.8 Å². The smallest absolute Gasteiger partial charge is 0.338 e. The summed E-state index contributed by atoms with van der Waals surface area (Å²) in [7, 11) is 0. The Morgan fingerprint density at radius 2 is 1.91 bits per heavy atom. The summed E-state index contributed by atoms with van der Waals surface area (Å²) in [5.74, 6) is -0.667. The van der Waals surface area contributed by atoms with Crippen LogP contribution in [-0.2, 0) is 16.0 Å². The highest BCUT2D eigenvalue weighted by Gasteiger charge is 2.34. The van der Waals surface area contributed by atoms with Crippen LogP contribution in [0, 0.1) is 0 Å². The Labute approximate surface area is 202 Å². The largest absolute Gasteiger partial charge is 0.434 e. The van der Waals surface area contributed by atoms with E-state index < -0.39 is 23.9 Å². The number of thiazole rings is 1. The minimum Gasteiger partial charge on any atom is -0.338 e. The molecule has 3 aromatic rings. The van der Waals surface area contributed by atoms with Crippen LogP contribution in [0.25, 0.3) is 21.7 Å². The lowest BCUT2D eigenvalue weighted by Crippen LogP contribution is -2.28. The molecule has 0 aliphatic rings. The number of anilines is 1. The van der Waals surface area contributed by atoms with Gasteiger partial charge in [-0.25, -0.2) is 19.6 Å². The van der Waals surface area contributed by atoms with Crippen molar-refractivity contribution in [3.8, 4) is 21.7 Å². The van der Waals surface area contributed by atoms with E-state index in [1.54, 1.807) is 6.92 Å². The van der Waals surface area contributed by atoms with Crippen molar-refractivity contribution >= 4 is 29.2 Å². The zero-order valence-corrected chi connectivity index (χ0v) is 19.6. The molecule has 0 atom stereocenters. The Hall–Kier alpha value is -3.58. The molecule has 0 saturated carbocycles. The third kappa shape index (κ3) is 6.96. The molecule has 0 aromatic carbocycles. The SMILES string of the molecule is CCCCOOC(=O)c1cncc(-c2cnc(NC(=O)NCC)cc2-c2nc(C(F)(F)F)cs2)c1. The van der Waals surface area contributed by atoms with Gasteiger partial charge in [0.25, 0.3) is 0 Å². The van der Waals surface area contributed by atoms with Crippen LogP contribution in [0.5, 0.6) is 0 Å². The Morgan fingerprint density at radius 3 is 2.60 bits per heavy atom. The van der Waals surface area contributed by atoms with Gasteiger partial charge in [-0.3, -0.25) is 15.2 Å². The van der Waals surface area contributed by atoms with Crippen LogP contribution >= 0.6 is 11.3 Å². The number of rotatable bonds is 9. The van der Waals surface area contributed by atoms with Gasteiger partial charge in [-0.1, -0.05) is 13.3 Å². The lowest BCUT2D eigenvalue weighted by molar-refractivity contribution is -0.241. The summed E-state index contributed by atoms with van der Waals surface area (Å²) in [5, 5.41) is 6.01. The summed E-state index contributed by atoms with van der Waals surface area (Å²) >= 11 is 0.783. The number of aromatic nitrogens is 3. The molecular formula is C22H22F3N5O4S. The molecule has 0 aliphatic carbocycles. The van der Waals surface area contributed by atoms with E-state index in [0.717, 1.165) is 23.1 Å². The first-order valence-corrected chi connectivity index (χ1v) is 11.5. The third-order valence-corrected chi connectivity index (χ3v) is 5.38. The molecule has 9 nitrogen and oxygen atoms in total. The molecule has 0 bridgehead atoms. The number of carbonyl (C=O) groups excluding carboxylic acids is 2. The van der Waals surface area contributed by atoms with E-state index in [2.05, 4.69) is 25.6 Å². The van der Waals surface area contributed by atoms with E-state index in [4.69, 9.17) is 9.78 Å². The number of alkyl halides is 3. The van der Waals surface area contributed by atoms with Crippen molar-refractivity contribution < 1.29 is 32.5 Å². The monoisotopic (exact) mass is 509 g/mol. The number of halogens is 3. The normalized spacial score (nSPS) is 11.2. The number of carbonyl (C=O) groups is 2. The summed E-state index contributed by atoms with van der Waals surface area (Å²) in [5.41, 5.74) is 0.0222. The second-order valence-electron chi connectivity index (χ2n) is 7.14. The lowest BCUT2D eigenvalue weighted by atomic mass is 10.0. The van der Waals surface area contributed by atoms with E-state index in [1.807, 2.05) is 6.92 Å². The summed E-state index contributed by atoms with van der Waals surface area (Å²) < 4.78 is 39.5. The Bertz CT molecular complexity index is 1190. The number of hydrogen-bond donors (Lipinski definition) is 2. The Morgan fingerprint density at radius 1 is 1.11 bits per heavy atom. The van der Waals surface area contributed by atoms with Crippen LogP contribution in [0.3, 0.4) is 0 Å². The first-order chi connectivity index (χ1) is 16.7. The molecular weight excluding hydrogens is 487 g/mol. The summed E-state index contributed by atoms with van der Waals surface area (Å²) in [6.45, 7) is 4.31. The van der Waals surface area contributed by atoms with E-state index in [0.29, 0.717) is 24.1 Å². The third-order valence-electron chi connectivity index (χ3n) is 4.51. The maximum Gasteiger partial charge on any atom is 0.434 e. The molecule has 13 heteroatoms.